The fourth-order valence-electron chi connectivity index (χ4n) is 3.57. The first-order valence-corrected chi connectivity index (χ1v) is 9.45. The molecule has 1 atom stereocenters. The van der Waals surface area contributed by atoms with Gasteiger partial charge in [-0.25, -0.2) is 4.79 Å². The Hall–Kier alpha value is -2.99. The summed E-state index contributed by atoms with van der Waals surface area (Å²) >= 11 is 5.99. The third-order valence-electron chi connectivity index (χ3n) is 5.02. The van der Waals surface area contributed by atoms with E-state index in [-0.39, 0.29) is 11.9 Å². The summed E-state index contributed by atoms with van der Waals surface area (Å²) in [6, 6.07) is 13.8. The van der Waals surface area contributed by atoms with E-state index in [1.54, 1.807) is 24.1 Å². The maximum absolute atomic E-state index is 13.3. The Bertz CT molecular complexity index is 954. The molecule has 2 aromatic carbocycles. The highest BCUT2D eigenvalue weighted by Gasteiger charge is 2.43. The van der Waals surface area contributed by atoms with Crippen LogP contribution < -0.4 is 15.0 Å². The lowest BCUT2D eigenvalue weighted by molar-refractivity contribution is -0.114. The standard InChI is InChI=1S/C21H20ClN3O3/c1-3-28-16-10-8-15(9-11-16)25-12-17-18(20(25)26)19(23-21(27)24(17)2)13-4-6-14(22)7-5-13/h4-11,19H,3,12H2,1-2H3,(H,23,27). The summed E-state index contributed by atoms with van der Waals surface area (Å²) in [7, 11) is 1.68. The first-order valence-electron chi connectivity index (χ1n) is 9.07. The number of benzene rings is 2. The smallest absolute Gasteiger partial charge is 0.322 e. The highest BCUT2D eigenvalue weighted by atomic mass is 35.5. The number of likely N-dealkylation sites (N-methyl/N-ethyl adjacent to an activating group) is 1. The van der Waals surface area contributed by atoms with E-state index < -0.39 is 6.04 Å². The van der Waals surface area contributed by atoms with Crippen LogP contribution in [0.3, 0.4) is 0 Å². The number of amides is 3. The van der Waals surface area contributed by atoms with Gasteiger partial charge in [-0.15, -0.1) is 0 Å². The van der Waals surface area contributed by atoms with Gasteiger partial charge in [-0.2, -0.15) is 0 Å². The number of hydrogen-bond donors (Lipinski definition) is 1. The van der Waals surface area contributed by atoms with Crippen molar-refractivity contribution in [3.8, 4) is 5.75 Å². The summed E-state index contributed by atoms with van der Waals surface area (Å²) in [6.07, 6.45) is 0. The van der Waals surface area contributed by atoms with Crippen LogP contribution in [0.5, 0.6) is 5.75 Å². The van der Waals surface area contributed by atoms with Gasteiger partial charge in [0.15, 0.2) is 0 Å². The zero-order valence-electron chi connectivity index (χ0n) is 15.6. The molecule has 7 heteroatoms. The largest absolute Gasteiger partial charge is 0.494 e. The third-order valence-corrected chi connectivity index (χ3v) is 5.28. The minimum atomic E-state index is -0.504. The first-order chi connectivity index (χ1) is 13.5. The SMILES string of the molecule is CCOc1ccc(N2CC3=C(C2=O)C(c2ccc(Cl)cc2)NC(=O)N3C)cc1. The minimum Gasteiger partial charge on any atom is -0.494 e. The second kappa shape index (κ2) is 7.20. The Labute approximate surface area is 168 Å². The quantitative estimate of drug-likeness (QED) is 0.854. The van der Waals surface area contributed by atoms with Crippen LogP contribution >= 0.6 is 11.6 Å². The molecule has 3 amide bonds. The number of carbonyl (C=O) groups excluding carboxylic acids is 2. The van der Waals surface area contributed by atoms with Crippen LogP contribution in [0.1, 0.15) is 18.5 Å². The van der Waals surface area contributed by atoms with Gasteiger partial charge in [-0.05, 0) is 48.9 Å². The summed E-state index contributed by atoms with van der Waals surface area (Å²) in [5.41, 5.74) is 2.87. The molecule has 2 heterocycles. The van der Waals surface area contributed by atoms with E-state index in [1.165, 1.54) is 4.90 Å². The second-order valence-corrected chi connectivity index (χ2v) is 7.11. The van der Waals surface area contributed by atoms with E-state index in [1.807, 2.05) is 43.3 Å². The van der Waals surface area contributed by atoms with Crippen LogP contribution in [0.15, 0.2) is 59.8 Å². The van der Waals surface area contributed by atoms with Gasteiger partial charge in [-0.3, -0.25) is 9.69 Å². The Morgan fingerprint density at radius 3 is 2.43 bits per heavy atom. The highest BCUT2D eigenvalue weighted by Crippen LogP contribution is 2.38. The van der Waals surface area contributed by atoms with Crippen molar-refractivity contribution in [1.82, 2.24) is 10.2 Å². The predicted molar refractivity (Wildman–Crippen MR) is 107 cm³/mol. The zero-order chi connectivity index (χ0) is 19.8. The molecule has 0 radical (unpaired) electrons. The van der Waals surface area contributed by atoms with Crippen LogP contribution in [0.2, 0.25) is 5.02 Å². The van der Waals surface area contributed by atoms with Crippen molar-refractivity contribution >= 4 is 29.2 Å². The van der Waals surface area contributed by atoms with E-state index in [2.05, 4.69) is 5.32 Å². The van der Waals surface area contributed by atoms with E-state index in [4.69, 9.17) is 16.3 Å². The van der Waals surface area contributed by atoms with Gasteiger partial charge >= 0.3 is 6.03 Å². The minimum absolute atomic E-state index is 0.119. The van der Waals surface area contributed by atoms with Gasteiger partial charge in [0, 0.05) is 17.8 Å². The number of carbonyl (C=O) groups is 2. The molecule has 0 saturated carbocycles. The highest BCUT2D eigenvalue weighted by molar-refractivity contribution is 6.30. The molecule has 4 rings (SSSR count). The van der Waals surface area contributed by atoms with E-state index in [0.717, 1.165) is 17.0 Å². The summed E-state index contributed by atoms with van der Waals surface area (Å²) in [6.45, 7) is 2.85. The molecule has 0 saturated heterocycles. The molecular formula is C21H20ClN3O3. The fourth-order valence-corrected chi connectivity index (χ4v) is 3.70. The number of urea groups is 1. The summed E-state index contributed by atoms with van der Waals surface area (Å²) in [4.78, 5) is 28.9. The number of nitrogens with one attached hydrogen (secondary N) is 1. The van der Waals surface area contributed by atoms with E-state index in [9.17, 15) is 9.59 Å². The van der Waals surface area contributed by atoms with Crippen molar-refractivity contribution in [2.75, 3.05) is 25.1 Å². The second-order valence-electron chi connectivity index (χ2n) is 6.67. The van der Waals surface area contributed by atoms with Gasteiger partial charge in [0.25, 0.3) is 5.91 Å². The van der Waals surface area contributed by atoms with Gasteiger partial charge < -0.3 is 15.0 Å². The molecule has 0 spiro atoms. The molecule has 0 bridgehead atoms. The van der Waals surface area contributed by atoms with Crippen molar-refractivity contribution in [3.05, 3.63) is 70.4 Å². The molecule has 0 aliphatic carbocycles. The molecule has 0 fully saturated rings. The summed E-state index contributed by atoms with van der Waals surface area (Å²) in [5.74, 6) is 0.634. The number of hydrogen-bond acceptors (Lipinski definition) is 3. The van der Waals surface area contributed by atoms with Crippen LogP contribution in [0, 0.1) is 0 Å². The van der Waals surface area contributed by atoms with Gasteiger partial charge in [-0.1, -0.05) is 23.7 Å². The van der Waals surface area contributed by atoms with Crippen LogP contribution in [-0.4, -0.2) is 37.0 Å². The lowest BCUT2D eigenvalue weighted by Gasteiger charge is -2.31. The first kappa shape index (κ1) is 18.4. The number of halogens is 1. The Balaban J connectivity index is 1.68. The van der Waals surface area contributed by atoms with E-state index in [0.29, 0.717) is 29.4 Å². The monoisotopic (exact) mass is 397 g/mol. The van der Waals surface area contributed by atoms with Crippen molar-refractivity contribution in [3.63, 3.8) is 0 Å². The van der Waals surface area contributed by atoms with Gasteiger partial charge in [0.1, 0.15) is 5.75 Å². The van der Waals surface area contributed by atoms with Crippen LogP contribution in [-0.2, 0) is 4.79 Å². The maximum Gasteiger partial charge on any atom is 0.322 e. The Morgan fingerprint density at radius 2 is 1.79 bits per heavy atom. The molecule has 2 aliphatic heterocycles. The van der Waals surface area contributed by atoms with Crippen molar-refractivity contribution < 1.29 is 14.3 Å². The molecule has 28 heavy (non-hydrogen) atoms. The molecule has 6 nitrogen and oxygen atoms in total. The molecule has 2 aromatic rings. The molecular weight excluding hydrogens is 378 g/mol. The lowest BCUT2D eigenvalue weighted by Crippen LogP contribution is -2.45. The number of rotatable bonds is 4. The van der Waals surface area contributed by atoms with Gasteiger partial charge in [0.2, 0.25) is 0 Å². The predicted octanol–water partition coefficient (Wildman–Crippen LogP) is 3.74. The van der Waals surface area contributed by atoms with E-state index >= 15 is 0 Å². The van der Waals surface area contributed by atoms with Crippen molar-refractivity contribution in [2.24, 2.45) is 0 Å². The average Bonchev–Trinajstić information content (AvgIpc) is 3.04. The zero-order valence-corrected chi connectivity index (χ0v) is 16.4. The third kappa shape index (κ3) is 3.10. The number of anilines is 1. The van der Waals surface area contributed by atoms with Crippen molar-refractivity contribution in [2.45, 2.75) is 13.0 Å². The van der Waals surface area contributed by atoms with Crippen LogP contribution in [0.4, 0.5) is 10.5 Å². The van der Waals surface area contributed by atoms with Crippen molar-refractivity contribution in [1.29, 1.82) is 0 Å². The lowest BCUT2D eigenvalue weighted by atomic mass is 9.96. The van der Waals surface area contributed by atoms with Crippen LogP contribution in [0.25, 0.3) is 0 Å². The number of ether oxygens (including phenoxy) is 1. The molecule has 0 aromatic heterocycles. The molecule has 144 valence electrons. The number of nitrogens with zero attached hydrogens (tertiary/aromatic N) is 2. The topological polar surface area (TPSA) is 61.9 Å². The maximum atomic E-state index is 13.3. The average molecular weight is 398 g/mol. The Kier molecular flexibility index (Phi) is 4.73. The molecule has 1 N–H and O–H groups in total. The normalized spacial score (nSPS) is 19.0. The molecule has 1 unspecified atom stereocenters. The summed E-state index contributed by atoms with van der Waals surface area (Å²) in [5, 5.41) is 3.52. The summed E-state index contributed by atoms with van der Waals surface area (Å²) < 4.78 is 5.47. The fraction of sp³-hybridized carbons (Fsp3) is 0.238. The van der Waals surface area contributed by atoms with Gasteiger partial charge in [0.05, 0.1) is 30.5 Å². The Morgan fingerprint density at radius 1 is 1.11 bits per heavy atom. The molecule has 2 aliphatic rings.